The Bertz CT molecular complexity index is 7400. The zero-order chi connectivity index (χ0) is 95.4. The quantitative estimate of drug-likeness (QED) is 0.0534. The Labute approximate surface area is 804 Å². The fraction of sp³-hybridized carbons (Fsp3) is 0.226. The molecule has 0 bridgehead atoms. The van der Waals surface area contributed by atoms with Crippen molar-refractivity contribution in [2.24, 2.45) is 0 Å². The van der Waals surface area contributed by atoms with E-state index in [1.807, 2.05) is 121 Å². The summed E-state index contributed by atoms with van der Waals surface area (Å²) in [5.74, 6) is 2.27. The van der Waals surface area contributed by atoms with E-state index in [0.717, 1.165) is 154 Å². The first-order chi connectivity index (χ1) is 64.8. The minimum Gasteiger partial charge on any atom is -0.457 e. The maximum atomic E-state index is 16.2. The van der Waals surface area contributed by atoms with Crippen molar-refractivity contribution in [1.82, 2.24) is 0 Å². The summed E-state index contributed by atoms with van der Waals surface area (Å²) in [6, 6.07) is 82.0. The number of ether oxygens (including phenoxy) is 4. The molecule has 0 saturated heterocycles. The van der Waals surface area contributed by atoms with Crippen molar-refractivity contribution in [3.63, 3.8) is 0 Å². The molecule has 0 fully saturated rings. The summed E-state index contributed by atoms with van der Waals surface area (Å²) < 4.78 is 29.3. The zero-order valence-corrected chi connectivity index (χ0v) is 82.1. The largest absolute Gasteiger partial charge is 0.457 e. The van der Waals surface area contributed by atoms with Crippen LogP contribution in [0.5, 0.6) is 46.0 Å². The summed E-state index contributed by atoms with van der Waals surface area (Å²) in [4.78, 5) is 67.7. The van der Waals surface area contributed by atoms with Crippen LogP contribution >= 0.6 is 23.2 Å². The highest BCUT2D eigenvalue weighted by molar-refractivity contribution is 6.47. The number of amides is 4. The van der Waals surface area contributed by atoms with Gasteiger partial charge in [-0.2, -0.15) is 0 Å². The van der Waals surface area contributed by atoms with Gasteiger partial charge in [0.2, 0.25) is 0 Å². The lowest BCUT2D eigenvalue weighted by atomic mass is 9.81. The van der Waals surface area contributed by atoms with Crippen molar-refractivity contribution in [3.8, 4) is 68.2 Å². The highest BCUT2D eigenvalue weighted by Crippen LogP contribution is 2.59. The Kier molecular flexibility index (Phi) is 21.1. The number of carbonyl (C=O) groups excluding carboxylic acids is 4. The number of nitrogens with zero attached hydrogens (tertiary/aromatic N) is 2. The Hall–Kier alpha value is -13.9. The van der Waals surface area contributed by atoms with Gasteiger partial charge in [0.05, 0.1) is 33.6 Å². The number of halogens is 2. The van der Waals surface area contributed by atoms with Gasteiger partial charge in [0, 0.05) is 64.3 Å². The lowest BCUT2D eigenvalue weighted by Crippen LogP contribution is -2.42. The average molecular weight is 1830 g/mol. The van der Waals surface area contributed by atoms with Crippen molar-refractivity contribution < 1.29 is 38.1 Å². The lowest BCUT2D eigenvalue weighted by Gasteiger charge is -2.33. The molecule has 1 aliphatic carbocycles. The first-order valence-corrected chi connectivity index (χ1v) is 48.2. The van der Waals surface area contributed by atoms with Crippen LogP contribution in [0.15, 0.2) is 243 Å². The highest BCUT2D eigenvalue weighted by Gasteiger charge is 2.44. The number of carbonyl (C=O) groups is 4. The Morgan fingerprint density at radius 3 is 0.721 bits per heavy atom. The number of hydrogen-bond acceptors (Lipinski definition) is 8. The summed E-state index contributed by atoms with van der Waals surface area (Å²) in [7, 11) is 0. The summed E-state index contributed by atoms with van der Waals surface area (Å²) in [6.07, 6.45) is 8.52. The van der Waals surface area contributed by atoms with Crippen LogP contribution in [0.1, 0.15) is 270 Å². The number of para-hydroxylation sites is 2. The van der Waals surface area contributed by atoms with E-state index in [0.29, 0.717) is 111 Å². The molecule has 12 heteroatoms. The van der Waals surface area contributed by atoms with Gasteiger partial charge in [-0.15, -0.1) is 0 Å². The standard InChI is InChI=1S/C124H108Cl2N2O8/c1-65(2)81-25-21-26-82(66(3)4)115(81)127-117(129)95-61-101(133-77-45-37-73(38-46-77)121(9,10)11)109-89-31-23-29-87-85(53-55-91(105(87)89)111-103(63-97(119(127)131)107(95)113(109)111)135-79-49-41-75(42-50-79)123(15,16)17)93-57-69-33-35-72-60-100(126)94(58-70(72)34-36-71(69)59-99(93)125)86-54-56-92-106-88(86)30-24-32-90(106)110-102(134-78-47-39-74(40-48-78)122(12,13)14)62-96-108-98(64-104(112(92)114(108)110)136-80-51-43-76(44-52-80)124(18,19)20)120(132)128(118(96)130)116-83(67(5)6)27-22-28-84(116)68(7)8/h21-68H,1-20H3/b35-33-,36-34-,69-33?,70-34?,71-36?,72-35?. The fourth-order valence-corrected chi connectivity index (χ4v) is 21.7. The van der Waals surface area contributed by atoms with Gasteiger partial charge in [0.1, 0.15) is 46.0 Å². The van der Waals surface area contributed by atoms with Gasteiger partial charge in [0.15, 0.2) is 0 Å². The van der Waals surface area contributed by atoms with E-state index in [4.69, 9.17) is 42.1 Å². The SMILES string of the molecule is CC(C)c1cccc(C(C)C)c1N1C(=O)c2cc(Oc3ccc(C(C)(C)C)cc3)c3c4cccc5c(-c6cc7c(cc6Cl)/C=C\c6cc(-c8ccc9c%10c(Oc%11ccc(C(C)(C)C)cc%11)cc%11c%12c(cc(Oc%13ccc(C(C)(C)C)cc%13)c(c%13cccc8c%139)c%12%10)C(=O)N(c8c(C(C)C)cccc8C(C)C)C%11=O)c(Cl)cc6/C=C\7)ccc(c6c(Oc7ccc(C(C)(C)C)cc7)cc(c2c36)C1=O)c54. The van der Waals surface area contributed by atoms with E-state index in [1.54, 1.807) is 0 Å². The number of imide groups is 2. The van der Waals surface area contributed by atoms with Crippen LogP contribution < -0.4 is 28.7 Å². The van der Waals surface area contributed by atoms with Crippen molar-refractivity contribution in [2.45, 2.75) is 184 Å². The molecule has 0 aromatic heterocycles. The van der Waals surface area contributed by atoms with E-state index in [1.165, 1.54) is 9.80 Å². The second kappa shape index (κ2) is 32.4. The normalized spacial score (nSPS) is 14.2. The molecule has 2 aliphatic heterocycles. The third-order valence-electron chi connectivity index (χ3n) is 28.3. The van der Waals surface area contributed by atoms with Crippen molar-refractivity contribution in [2.75, 3.05) is 9.80 Å². The predicted molar refractivity (Wildman–Crippen MR) is 566 cm³/mol. The molecule has 21 rings (SSSR count). The molecule has 10 nitrogen and oxygen atoms in total. The minimum absolute atomic E-state index is 0.0269. The number of rotatable bonds is 16. The molecule has 0 saturated carbocycles. The number of benzene rings is 18. The number of hydrogen-bond donors (Lipinski definition) is 0. The lowest BCUT2D eigenvalue weighted by molar-refractivity contribution is 0.0877. The number of fused-ring (bicyclic) bond motifs is 6. The summed E-state index contributed by atoms with van der Waals surface area (Å²) in [5.41, 5.74) is 17.2. The van der Waals surface area contributed by atoms with Crippen molar-refractivity contribution in [3.05, 3.63) is 342 Å². The maximum Gasteiger partial charge on any atom is 0.266 e. The van der Waals surface area contributed by atoms with Crippen LogP contribution in [-0.4, -0.2) is 23.6 Å². The maximum absolute atomic E-state index is 16.2. The van der Waals surface area contributed by atoms with Gasteiger partial charge >= 0.3 is 0 Å². The first kappa shape index (κ1) is 88.7. The molecule has 2 heterocycles. The molecule has 0 N–H and O–H groups in total. The van der Waals surface area contributed by atoms with E-state index in [9.17, 15) is 0 Å². The van der Waals surface area contributed by atoms with Gasteiger partial charge < -0.3 is 18.9 Å². The van der Waals surface area contributed by atoms with Crippen LogP contribution in [0, 0.1) is 0 Å². The Morgan fingerprint density at radius 1 is 0.235 bits per heavy atom. The fourth-order valence-electron chi connectivity index (χ4n) is 21.1. The molecule has 0 unspecified atom stereocenters. The third-order valence-corrected chi connectivity index (χ3v) is 28.9. The van der Waals surface area contributed by atoms with Crippen LogP contribution in [0.2, 0.25) is 10.0 Å². The molecule has 18 aromatic rings. The molecule has 0 spiro atoms. The monoisotopic (exact) mass is 1820 g/mol. The van der Waals surface area contributed by atoms with E-state index in [-0.39, 0.29) is 45.3 Å². The van der Waals surface area contributed by atoms with E-state index in [2.05, 4.69) is 284 Å². The molecular weight excluding hydrogens is 1720 g/mol. The smallest absolute Gasteiger partial charge is 0.266 e. The second-order valence-electron chi connectivity index (χ2n) is 42.6. The van der Waals surface area contributed by atoms with Crippen molar-refractivity contribution in [1.29, 1.82) is 0 Å². The highest BCUT2D eigenvalue weighted by atomic mass is 35.5. The Morgan fingerprint density at radius 2 is 0.471 bits per heavy atom. The summed E-state index contributed by atoms with van der Waals surface area (Å²) in [5, 5.41) is 13.4. The third kappa shape index (κ3) is 14.6. The van der Waals surface area contributed by atoms with Gasteiger partial charge in [-0.1, -0.05) is 332 Å². The van der Waals surface area contributed by atoms with Crippen molar-refractivity contribution >= 4 is 169 Å². The van der Waals surface area contributed by atoms with Crippen LogP contribution in [0.4, 0.5) is 11.4 Å². The van der Waals surface area contributed by atoms with Gasteiger partial charge in [0.25, 0.3) is 23.6 Å². The first-order valence-electron chi connectivity index (χ1n) is 47.5. The molecule has 4 amide bonds. The molecule has 0 radical (unpaired) electrons. The summed E-state index contributed by atoms with van der Waals surface area (Å²) in [6.45, 7) is 43.1. The van der Waals surface area contributed by atoms with Crippen LogP contribution in [-0.2, 0) is 21.7 Å². The minimum atomic E-state index is -0.435. The van der Waals surface area contributed by atoms with Gasteiger partial charge in [-0.25, -0.2) is 9.80 Å². The number of anilines is 2. The van der Waals surface area contributed by atoms with E-state index >= 15 is 19.2 Å². The molecular formula is C124H108Cl2N2O8. The van der Waals surface area contributed by atoms with Gasteiger partial charge in [-0.05, 0) is 263 Å². The zero-order valence-electron chi connectivity index (χ0n) is 80.6. The molecule has 136 heavy (non-hydrogen) atoms. The van der Waals surface area contributed by atoms with Gasteiger partial charge in [-0.3, -0.25) is 19.2 Å². The topological polar surface area (TPSA) is 112 Å². The van der Waals surface area contributed by atoms with Crippen LogP contribution in [0.25, 0.3) is 133 Å². The summed E-state index contributed by atoms with van der Waals surface area (Å²) >= 11 is 15.7. The Balaban J connectivity index is 0.720. The molecule has 676 valence electrons. The van der Waals surface area contributed by atoms with E-state index < -0.39 is 23.6 Å². The molecule has 3 aliphatic rings. The van der Waals surface area contributed by atoms with Crippen LogP contribution in [0.3, 0.4) is 0 Å². The average Bonchev–Trinajstić information content (AvgIpc) is 0.685. The molecule has 0 atom stereocenters. The predicted octanol–water partition coefficient (Wildman–Crippen LogP) is 35.5. The molecule has 18 aromatic carbocycles. The second-order valence-corrected chi connectivity index (χ2v) is 43.5.